The Bertz CT molecular complexity index is 929. The van der Waals surface area contributed by atoms with Crippen LogP contribution < -0.4 is 10.1 Å². The van der Waals surface area contributed by atoms with Crippen molar-refractivity contribution in [1.82, 2.24) is 30.4 Å². The molecule has 0 aliphatic carbocycles. The van der Waals surface area contributed by atoms with Gasteiger partial charge in [0, 0.05) is 0 Å². The molecule has 2 atom stereocenters. The second kappa shape index (κ2) is 9.93. The van der Waals surface area contributed by atoms with E-state index in [9.17, 15) is 9.18 Å². The predicted octanol–water partition coefficient (Wildman–Crippen LogP) is 2.38. The molecule has 8 nitrogen and oxygen atoms in total. The third kappa shape index (κ3) is 5.84. The molecule has 1 N–H and O–H groups in total. The average Bonchev–Trinajstić information content (AvgIpc) is 3.27. The van der Waals surface area contributed by atoms with Crippen molar-refractivity contribution in [3.05, 3.63) is 66.2 Å². The van der Waals surface area contributed by atoms with Crippen LogP contribution in [0.3, 0.4) is 0 Å². The van der Waals surface area contributed by atoms with E-state index in [2.05, 4.69) is 20.8 Å². The normalized spacial score (nSPS) is 13.1. The summed E-state index contributed by atoms with van der Waals surface area (Å²) in [5.41, 5.74) is 1.63. The van der Waals surface area contributed by atoms with Crippen LogP contribution in [-0.4, -0.2) is 57.8 Å². The number of benzene rings is 2. The molecule has 0 radical (unpaired) electrons. The van der Waals surface area contributed by atoms with Crippen LogP contribution in [0.5, 0.6) is 5.75 Å². The maximum absolute atomic E-state index is 13.3. The van der Waals surface area contributed by atoms with Gasteiger partial charge in [0.25, 0.3) is 5.91 Å². The first kappa shape index (κ1) is 21.4. The van der Waals surface area contributed by atoms with Crippen molar-refractivity contribution in [1.29, 1.82) is 0 Å². The molecular formula is C21H25FN6O2. The molecule has 3 aromatic rings. The van der Waals surface area contributed by atoms with E-state index < -0.39 is 6.10 Å². The number of aromatic nitrogens is 4. The van der Waals surface area contributed by atoms with E-state index in [1.807, 2.05) is 19.0 Å². The molecule has 0 saturated carbocycles. The Labute approximate surface area is 174 Å². The van der Waals surface area contributed by atoms with Crippen molar-refractivity contribution in [2.75, 3.05) is 20.6 Å². The zero-order valence-corrected chi connectivity index (χ0v) is 17.2. The fourth-order valence-corrected chi connectivity index (χ4v) is 2.91. The first-order valence-electron chi connectivity index (χ1n) is 9.63. The first-order valence-corrected chi connectivity index (χ1v) is 9.63. The fraction of sp³-hybridized carbons (Fsp3) is 0.333. The smallest absolute Gasteiger partial charge is 0.261 e. The number of amides is 1. The summed E-state index contributed by atoms with van der Waals surface area (Å²) in [5, 5.41) is 14.0. The number of nitrogens with one attached hydrogen (secondary N) is 1. The van der Waals surface area contributed by atoms with Gasteiger partial charge in [0.05, 0.1) is 11.7 Å². The highest BCUT2D eigenvalue weighted by atomic mass is 19.1. The van der Waals surface area contributed by atoms with Crippen molar-refractivity contribution in [3.8, 4) is 11.4 Å². The lowest BCUT2D eigenvalue weighted by Crippen LogP contribution is -2.39. The Hall–Kier alpha value is -3.33. The van der Waals surface area contributed by atoms with E-state index in [0.717, 1.165) is 17.8 Å². The Balaban J connectivity index is 1.63. The number of carbonyl (C=O) groups excluding carboxylic acids is 1. The number of nitrogens with zero attached hydrogens (tertiary/aromatic N) is 5. The van der Waals surface area contributed by atoms with Gasteiger partial charge in [-0.25, -0.2) is 9.07 Å². The maximum atomic E-state index is 13.3. The molecule has 0 spiro atoms. The Morgan fingerprint density at radius 3 is 2.47 bits per heavy atom. The van der Waals surface area contributed by atoms with Crippen molar-refractivity contribution >= 4 is 5.91 Å². The van der Waals surface area contributed by atoms with Gasteiger partial charge in [-0.2, -0.15) is 0 Å². The minimum absolute atomic E-state index is 0.242. The number of halogens is 1. The number of ether oxygens (including phenoxy) is 1. The molecule has 30 heavy (non-hydrogen) atoms. The quantitative estimate of drug-likeness (QED) is 0.581. The Morgan fingerprint density at radius 2 is 1.87 bits per heavy atom. The SMILES string of the molecule is CC(Oc1ccc(-n2cnnn2)cc1)C(=O)NC(CCN(C)C)c1ccc(F)cc1. The van der Waals surface area contributed by atoms with Gasteiger partial charge in [0.2, 0.25) is 0 Å². The molecule has 2 unspecified atom stereocenters. The van der Waals surface area contributed by atoms with Gasteiger partial charge in [0.15, 0.2) is 6.10 Å². The molecule has 0 bridgehead atoms. The zero-order valence-electron chi connectivity index (χ0n) is 17.2. The van der Waals surface area contributed by atoms with Gasteiger partial charge in [-0.15, -0.1) is 5.10 Å². The Kier molecular flexibility index (Phi) is 7.08. The summed E-state index contributed by atoms with van der Waals surface area (Å²) in [7, 11) is 3.93. The molecule has 158 valence electrons. The standard InChI is InChI=1S/C21H25FN6O2/c1-15(30-19-10-8-18(9-11-19)28-14-23-25-26-28)21(29)24-20(12-13-27(2)3)16-4-6-17(22)7-5-16/h4-11,14-15,20H,12-13H2,1-3H3,(H,24,29). The first-order chi connectivity index (χ1) is 14.4. The van der Waals surface area contributed by atoms with Gasteiger partial charge < -0.3 is 15.0 Å². The van der Waals surface area contributed by atoms with Crippen LogP contribution in [0.15, 0.2) is 54.9 Å². The van der Waals surface area contributed by atoms with Gasteiger partial charge >= 0.3 is 0 Å². The maximum Gasteiger partial charge on any atom is 0.261 e. The van der Waals surface area contributed by atoms with Crippen LogP contribution in [0.4, 0.5) is 4.39 Å². The van der Waals surface area contributed by atoms with Crippen molar-refractivity contribution in [2.45, 2.75) is 25.5 Å². The number of hydrogen-bond acceptors (Lipinski definition) is 6. The van der Waals surface area contributed by atoms with E-state index in [0.29, 0.717) is 12.2 Å². The molecule has 2 aromatic carbocycles. The van der Waals surface area contributed by atoms with Gasteiger partial charge in [0.1, 0.15) is 17.9 Å². The van der Waals surface area contributed by atoms with E-state index >= 15 is 0 Å². The van der Waals surface area contributed by atoms with Crippen LogP contribution >= 0.6 is 0 Å². The van der Waals surface area contributed by atoms with E-state index in [1.54, 1.807) is 43.3 Å². The van der Waals surface area contributed by atoms with Gasteiger partial charge in [-0.3, -0.25) is 4.79 Å². The number of tetrazole rings is 1. The largest absolute Gasteiger partial charge is 0.481 e. The lowest BCUT2D eigenvalue weighted by Gasteiger charge is -2.23. The second-order valence-electron chi connectivity index (χ2n) is 7.21. The molecule has 3 rings (SSSR count). The zero-order chi connectivity index (χ0) is 21.5. The second-order valence-corrected chi connectivity index (χ2v) is 7.21. The molecule has 0 saturated heterocycles. The van der Waals surface area contributed by atoms with Gasteiger partial charge in [-0.1, -0.05) is 12.1 Å². The number of carbonyl (C=O) groups is 1. The van der Waals surface area contributed by atoms with Crippen molar-refractivity contribution < 1.29 is 13.9 Å². The summed E-state index contributed by atoms with van der Waals surface area (Å²) in [4.78, 5) is 14.8. The summed E-state index contributed by atoms with van der Waals surface area (Å²) >= 11 is 0. The lowest BCUT2D eigenvalue weighted by molar-refractivity contribution is -0.128. The molecule has 0 aliphatic heterocycles. The van der Waals surface area contributed by atoms with Crippen LogP contribution in [0, 0.1) is 5.82 Å². The number of hydrogen-bond donors (Lipinski definition) is 1. The van der Waals surface area contributed by atoms with Crippen LogP contribution in [0.1, 0.15) is 24.9 Å². The predicted molar refractivity (Wildman–Crippen MR) is 110 cm³/mol. The topological polar surface area (TPSA) is 85.2 Å². The van der Waals surface area contributed by atoms with Gasteiger partial charge in [-0.05, 0) is 86.4 Å². The highest BCUT2D eigenvalue weighted by Crippen LogP contribution is 2.19. The third-order valence-electron chi connectivity index (χ3n) is 4.59. The van der Waals surface area contributed by atoms with E-state index in [-0.39, 0.29) is 17.8 Å². The molecule has 1 amide bonds. The third-order valence-corrected chi connectivity index (χ3v) is 4.59. The number of rotatable bonds is 9. The highest BCUT2D eigenvalue weighted by molar-refractivity contribution is 5.81. The fourth-order valence-electron chi connectivity index (χ4n) is 2.91. The molecular weight excluding hydrogens is 387 g/mol. The van der Waals surface area contributed by atoms with E-state index in [1.165, 1.54) is 23.1 Å². The summed E-state index contributed by atoms with van der Waals surface area (Å²) in [6.45, 7) is 2.47. The minimum Gasteiger partial charge on any atom is -0.481 e. The summed E-state index contributed by atoms with van der Waals surface area (Å²) in [5.74, 6) is 0.00647. The lowest BCUT2D eigenvalue weighted by atomic mass is 10.0. The Morgan fingerprint density at radius 1 is 1.17 bits per heavy atom. The van der Waals surface area contributed by atoms with Crippen molar-refractivity contribution in [2.24, 2.45) is 0 Å². The molecule has 1 aromatic heterocycles. The van der Waals surface area contributed by atoms with Crippen LogP contribution in [0.2, 0.25) is 0 Å². The van der Waals surface area contributed by atoms with E-state index in [4.69, 9.17) is 4.74 Å². The highest BCUT2D eigenvalue weighted by Gasteiger charge is 2.20. The summed E-state index contributed by atoms with van der Waals surface area (Å²) in [6.07, 6.45) is 1.48. The average molecular weight is 412 g/mol. The van der Waals surface area contributed by atoms with Crippen LogP contribution in [-0.2, 0) is 4.79 Å². The molecule has 1 heterocycles. The minimum atomic E-state index is -0.703. The van der Waals surface area contributed by atoms with Crippen molar-refractivity contribution in [3.63, 3.8) is 0 Å². The molecule has 9 heteroatoms. The summed E-state index contributed by atoms with van der Waals surface area (Å²) < 4.78 is 20.6. The van der Waals surface area contributed by atoms with Crippen LogP contribution in [0.25, 0.3) is 5.69 Å². The molecule has 0 fully saturated rings. The monoisotopic (exact) mass is 412 g/mol. The summed E-state index contributed by atoms with van der Waals surface area (Å²) in [6, 6.07) is 13.1. The molecule has 0 aliphatic rings.